The van der Waals surface area contributed by atoms with Gasteiger partial charge in [0.25, 0.3) is 5.91 Å². The molecule has 3 rings (SSSR count). The molecule has 23 heavy (non-hydrogen) atoms. The zero-order valence-corrected chi connectivity index (χ0v) is 13.8. The summed E-state index contributed by atoms with van der Waals surface area (Å²) in [5.41, 5.74) is 0.918. The molecule has 2 N–H and O–H groups in total. The van der Waals surface area contributed by atoms with Crippen molar-refractivity contribution in [3.05, 3.63) is 40.2 Å². The van der Waals surface area contributed by atoms with Crippen LogP contribution in [-0.4, -0.2) is 27.5 Å². The highest BCUT2D eigenvalue weighted by Crippen LogP contribution is 2.40. The van der Waals surface area contributed by atoms with Gasteiger partial charge in [0, 0.05) is 16.5 Å². The van der Waals surface area contributed by atoms with Gasteiger partial charge < -0.3 is 10.4 Å². The molecule has 6 heteroatoms. The van der Waals surface area contributed by atoms with Crippen molar-refractivity contribution in [1.82, 2.24) is 10.3 Å². The Morgan fingerprint density at radius 2 is 2.13 bits per heavy atom. The van der Waals surface area contributed by atoms with Crippen molar-refractivity contribution in [3.63, 3.8) is 0 Å². The summed E-state index contributed by atoms with van der Waals surface area (Å²) in [4.78, 5) is 28.4. The molecule has 1 aliphatic carbocycles. The van der Waals surface area contributed by atoms with E-state index in [4.69, 9.17) is 0 Å². The summed E-state index contributed by atoms with van der Waals surface area (Å²) in [5, 5.41) is 15.1. The van der Waals surface area contributed by atoms with Gasteiger partial charge >= 0.3 is 5.97 Å². The Bertz CT molecular complexity index is 767. The van der Waals surface area contributed by atoms with Crippen LogP contribution >= 0.6 is 11.3 Å². The number of benzene rings is 1. The van der Waals surface area contributed by atoms with Crippen molar-refractivity contribution >= 4 is 23.2 Å². The van der Waals surface area contributed by atoms with Crippen LogP contribution in [0, 0.1) is 12.8 Å². The lowest BCUT2D eigenvalue weighted by atomic mass is 9.95. The van der Waals surface area contributed by atoms with Gasteiger partial charge in [0.15, 0.2) is 0 Å². The SMILES string of the molecule is Cc1nc(-c2cccc(C(=O)N[C@](C)(C(=O)O)C3CC3)c2)cs1. The number of hydrogen-bond donors (Lipinski definition) is 2. The molecule has 5 nitrogen and oxygen atoms in total. The number of rotatable bonds is 5. The van der Waals surface area contributed by atoms with E-state index in [9.17, 15) is 14.7 Å². The summed E-state index contributed by atoms with van der Waals surface area (Å²) in [6.07, 6.45) is 1.67. The first-order chi connectivity index (χ1) is 10.9. The molecule has 1 saturated carbocycles. The molecule has 1 heterocycles. The van der Waals surface area contributed by atoms with Gasteiger partial charge in [-0.2, -0.15) is 0 Å². The normalized spacial score (nSPS) is 16.6. The summed E-state index contributed by atoms with van der Waals surface area (Å²) >= 11 is 1.55. The smallest absolute Gasteiger partial charge is 0.329 e. The van der Waals surface area contributed by atoms with E-state index in [-0.39, 0.29) is 11.8 Å². The van der Waals surface area contributed by atoms with Crippen molar-refractivity contribution in [3.8, 4) is 11.3 Å². The number of carbonyl (C=O) groups excluding carboxylic acids is 1. The topological polar surface area (TPSA) is 79.3 Å². The van der Waals surface area contributed by atoms with Crippen LogP contribution in [0.1, 0.15) is 35.1 Å². The molecule has 0 unspecified atom stereocenters. The zero-order valence-electron chi connectivity index (χ0n) is 13.0. The lowest BCUT2D eigenvalue weighted by Crippen LogP contribution is -2.54. The minimum atomic E-state index is -1.20. The van der Waals surface area contributed by atoms with Crippen molar-refractivity contribution in [2.75, 3.05) is 0 Å². The zero-order chi connectivity index (χ0) is 16.6. The van der Waals surface area contributed by atoms with Crippen molar-refractivity contribution in [1.29, 1.82) is 0 Å². The number of nitrogens with zero attached hydrogens (tertiary/aromatic N) is 1. The second-order valence-electron chi connectivity index (χ2n) is 6.07. The molecule has 0 spiro atoms. The molecular formula is C17H18N2O3S. The van der Waals surface area contributed by atoms with Gasteiger partial charge in [-0.25, -0.2) is 9.78 Å². The van der Waals surface area contributed by atoms with Crippen LogP contribution in [0.5, 0.6) is 0 Å². The number of aromatic nitrogens is 1. The van der Waals surface area contributed by atoms with E-state index >= 15 is 0 Å². The third-order valence-corrected chi connectivity index (χ3v) is 5.02. The maximum atomic E-state index is 12.5. The molecule has 1 aromatic carbocycles. The van der Waals surface area contributed by atoms with Crippen molar-refractivity contribution in [2.45, 2.75) is 32.2 Å². The number of carboxylic acid groups (broad SMARTS) is 1. The van der Waals surface area contributed by atoms with Crippen LogP contribution in [0.3, 0.4) is 0 Å². The molecule has 1 aromatic heterocycles. The highest BCUT2D eigenvalue weighted by atomic mass is 32.1. The van der Waals surface area contributed by atoms with Gasteiger partial charge in [-0.05, 0) is 44.7 Å². The molecule has 0 saturated heterocycles. The first kappa shape index (κ1) is 15.7. The minimum absolute atomic E-state index is 0.00771. The van der Waals surface area contributed by atoms with Gasteiger partial charge in [0.05, 0.1) is 10.7 Å². The van der Waals surface area contributed by atoms with Gasteiger partial charge in [0.2, 0.25) is 0 Å². The predicted molar refractivity (Wildman–Crippen MR) is 88.5 cm³/mol. The molecule has 0 aliphatic heterocycles. The fourth-order valence-electron chi connectivity index (χ4n) is 2.61. The Labute approximate surface area is 138 Å². The summed E-state index contributed by atoms with van der Waals surface area (Å²) in [6, 6.07) is 7.11. The number of amides is 1. The van der Waals surface area contributed by atoms with Crippen molar-refractivity contribution < 1.29 is 14.7 Å². The van der Waals surface area contributed by atoms with Crippen LogP contribution in [0.15, 0.2) is 29.6 Å². The fraction of sp³-hybridized carbons (Fsp3) is 0.353. The molecule has 0 bridgehead atoms. The number of nitrogens with one attached hydrogen (secondary N) is 1. The second kappa shape index (κ2) is 5.77. The van der Waals surface area contributed by atoms with Crippen LogP contribution in [0.25, 0.3) is 11.3 Å². The van der Waals surface area contributed by atoms with Crippen LogP contribution in [0.4, 0.5) is 0 Å². The number of aliphatic carboxylic acids is 1. The largest absolute Gasteiger partial charge is 0.480 e. The molecule has 1 fully saturated rings. The first-order valence-electron chi connectivity index (χ1n) is 7.48. The number of aryl methyl sites for hydroxylation is 1. The van der Waals surface area contributed by atoms with Crippen LogP contribution in [-0.2, 0) is 4.79 Å². The van der Waals surface area contributed by atoms with E-state index < -0.39 is 11.5 Å². The quantitative estimate of drug-likeness (QED) is 0.883. The van der Waals surface area contributed by atoms with E-state index in [2.05, 4.69) is 10.3 Å². The maximum Gasteiger partial charge on any atom is 0.329 e. The Morgan fingerprint density at radius 1 is 1.39 bits per heavy atom. The molecule has 2 aromatic rings. The minimum Gasteiger partial charge on any atom is -0.480 e. The fourth-order valence-corrected chi connectivity index (χ4v) is 3.24. The third kappa shape index (κ3) is 3.12. The first-order valence-corrected chi connectivity index (χ1v) is 8.36. The van der Waals surface area contributed by atoms with Gasteiger partial charge in [-0.1, -0.05) is 12.1 Å². The third-order valence-electron chi connectivity index (χ3n) is 4.25. The van der Waals surface area contributed by atoms with E-state index in [1.165, 1.54) is 0 Å². The molecule has 120 valence electrons. The Kier molecular flexibility index (Phi) is 3.93. The predicted octanol–water partition coefficient (Wildman–Crippen LogP) is 3.10. The summed E-state index contributed by atoms with van der Waals surface area (Å²) in [7, 11) is 0. The molecule has 1 atom stereocenters. The number of carbonyl (C=O) groups is 2. The molecule has 1 aliphatic rings. The number of thiazole rings is 1. The summed E-state index contributed by atoms with van der Waals surface area (Å²) in [6.45, 7) is 3.51. The van der Waals surface area contributed by atoms with Gasteiger partial charge in [-0.15, -0.1) is 11.3 Å². The number of carboxylic acids is 1. The van der Waals surface area contributed by atoms with E-state index in [1.807, 2.05) is 18.4 Å². The second-order valence-corrected chi connectivity index (χ2v) is 7.13. The lowest BCUT2D eigenvalue weighted by Gasteiger charge is -2.26. The summed E-state index contributed by atoms with van der Waals surface area (Å²) < 4.78 is 0. The van der Waals surface area contributed by atoms with Crippen LogP contribution < -0.4 is 5.32 Å². The average molecular weight is 330 g/mol. The lowest BCUT2D eigenvalue weighted by molar-refractivity contribution is -0.144. The molecular weight excluding hydrogens is 312 g/mol. The standard InChI is InChI=1S/C17H18N2O3S/c1-10-18-14(9-23-10)11-4-3-5-12(8-11)15(20)19-17(2,16(21)22)13-6-7-13/h3-5,8-9,13H,6-7H2,1-2H3,(H,19,20)(H,21,22)/t17-/m0/s1. The highest BCUT2D eigenvalue weighted by molar-refractivity contribution is 7.09. The Morgan fingerprint density at radius 3 is 2.70 bits per heavy atom. The Hall–Kier alpha value is -2.21. The molecule has 1 amide bonds. The summed E-state index contributed by atoms with van der Waals surface area (Å²) in [5.74, 6) is -1.34. The molecule has 0 radical (unpaired) electrons. The monoisotopic (exact) mass is 330 g/mol. The van der Waals surface area contributed by atoms with E-state index in [0.29, 0.717) is 5.56 Å². The average Bonchev–Trinajstić information content (AvgIpc) is 3.29. The van der Waals surface area contributed by atoms with Crippen molar-refractivity contribution in [2.24, 2.45) is 5.92 Å². The highest BCUT2D eigenvalue weighted by Gasteiger charge is 2.48. The number of hydrogen-bond acceptors (Lipinski definition) is 4. The van der Waals surface area contributed by atoms with E-state index in [0.717, 1.165) is 29.1 Å². The van der Waals surface area contributed by atoms with Crippen LogP contribution in [0.2, 0.25) is 0 Å². The van der Waals surface area contributed by atoms with Gasteiger partial charge in [-0.3, -0.25) is 4.79 Å². The van der Waals surface area contributed by atoms with E-state index in [1.54, 1.807) is 36.5 Å². The maximum absolute atomic E-state index is 12.5. The van der Waals surface area contributed by atoms with Gasteiger partial charge in [0.1, 0.15) is 5.54 Å². The Balaban J connectivity index is 1.84.